The van der Waals surface area contributed by atoms with Crippen LogP contribution in [0, 0.1) is 19.8 Å². The monoisotopic (exact) mass is 539 g/mol. The van der Waals surface area contributed by atoms with Crippen molar-refractivity contribution >= 4 is 23.6 Å². The molecule has 3 atom stereocenters. The summed E-state index contributed by atoms with van der Waals surface area (Å²) < 4.78 is 5.46. The molecule has 0 spiro atoms. The van der Waals surface area contributed by atoms with Crippen LogP contribution in [0.4, 0.5) is 10.5 Å². The fourth-order valence-corrected chi connectivity index (χ4v) is 4.32. The van der Waals surface area contributed by atoms with Crippen LogP contribution < -0.4 is 10.6 Å². The van der Waals surface area contributed by atoms with E-state index in [1.54, 1.807) is 37.8 Å². The number of aryl methyl sites for hydroxylation is 2. The second kappa shape index (κ2) is 14.0. The van der Waals surface area contributed by atoms with Gasteiger partial charge in [0.05, 0.1) is 0 Å². The number of para-hydroxylation sites is 1. The van der Waals surface area contributed by atoms with Crippen LogP contribution in [-0.2, 0) is 14.3 Å². The molecule has 2 aromatic carbocycles. The Hall–Kier alpha value is -3.55. The maximum Gasteiger partial charge on any atom is 0.408 e. The molecular formula is C31H45N3O5. The minimum atomic E-state index is -0.990. The van der Waals surface area contributed by atoms with Crippen molar-refractivity contribution in [3.8, 4) is 5.75 Å². The van der Waals surface area contributed by atoms with Gasteiger partial charge in [0.1, 0.15) is 23.4 Å². The quantitative estimate of drug-likeness (QED) is 0.312. The van der Waals surface area contributed by atoms with Crippen molar-refractivity contribution in [3.63, 3.8) is 0 Å². The summed E-state index contributed by atoms with van der Waals surface area (Å²) in [6.45, 7) is 15.3. The van der Waals surface area contributed by atoms with Gasteiger partial charge in [-0.2, -0.15) is 0 Å². The van der Waals surface area contributed by atoms with Gasteiger partial charge in [-0.25, -0.2) is 4.79 Å². The number of unbranched alkanes of at least 4 members (excludes halogenated alkanes) is 1. The van der Waals surface area contributed by atoms with Gasteiger partial charge in [-0.3, -0.25) is 9.59 Å². The Kier molecular flexibility index (Phi) is 11.4. The Balaban J connectivity index is 2.57. The minimum Gasteiger partial charge on any atom is -0.508 e. The lowest BCUT2D eigenvalue weighted by Crippen LogP contribution is -2.55. The van der Waals surface area contributed by atoms with Crippen molar-refractivity contribution in [1.29, 1.82) is 0 Å². The molecule has 0 saturated carbocycles. The van der Waals surface area contributed by atoms with E-state index in [2.05, 4.69) is 10.6 Å². The van der Waals surface area contributed by atoms with E-state index >= 15 is 0 Å². The molecule has 214 valence electrons. The molecule has 0 radical (unpaired) electrons. The van der Waals surface area contributed by atoms with Crippen LogP contribution in [0.2, 0.25) is 0 Å². The average Bonchev–Trinajstić information content (AvgIpc) is 2.86. The second-order valence-corrected chi connectivity index (χ2v) is 11.1. The number of alkyl carbamates (subject to hydrolysis) is 1. The number of nitrogens with zero attached hydrogens (tertiary/aromatic N) is 1. The number of aromatic hydroxyl groups is 1. The van der Waals surface area contributed by atoms with Crippen LogP contribution in [0.5, 0.6) is 5.75 Å². The SMILES string of the molecule is CCCCN(C(=O)C(NC(=O)OC(C)(C)C)C(C)CC)C(C(=O)Nc1c(C)cccc1C)c1ccc(O)cc1. The number of anilines is 1. The Labute approximate surface area is 233 Å². The van der Waals surface area contributed by atoms with Crippen LogP contribution in [0.25, 0.3) is 0 Å². The number of phenolic OH excluding ortho intramolecular Hbond substituents is 1. The number of carbonyl (C=O) groups excluding carboxylic acids is 3. The lowest BCUT2D eigenvalue weighted by molar-refractivity contribution is -0.142. The van der Waals surface area contributed by atoms with Crippen LogP contribution >= 0.6 is 0 Å². The molecule has 0 bridgehead atoms. The fraction of sp³-hybridized carbons (Fsp3) is 0.516. The molecule has 0 heterocycles. The number of phenols is 1. The molecule has 39 heavy (non-hydrogen) atoms. The number of hydrogen-bond donors (Lipinski definition) is 3. The fourth-order valence-electron chi connectivity index (χ4n) is 4.32. The van der Waals surface area contributed by atoms with Crippen LogP contribution in [0.1, 0.15) is 83.5 Å². The first-order chi connectivity index (χ1) is 18.3. The molecule has 2 aromatic rings. The molecule has 0 fully saturated rings. The zero-order valence-electron chi connectivity index (χ0n) is 24.6. The number of carbonyl (C=O) groups is 3. The summed E-state index contributed by atoms with van der Waals surface area (Å²) in [5.74, 6) is -0.888. The maximum absolute atomic E-state index is 14.2. The van der Waals surface area contributed by atoms with E-state index in [1.807, 2.05) is 52.8 Å². The summed E-state index contributed by atoms with van der Waals surface area (Å²) in [4.78, 5) is 42.5. The molecule has 3 N–H and O–H groups in total. The van der Waals surface area contributed by atoms with Crippen LogP contribution in [0.15, 0.2) is 42.5 Å². The number of nitrogens with one attached hydrogen (secondary N) is 2. The van der Waals surface area contributed by atoms with Crippen molar-refractivity contribution in [1.82, 2.24) is 10.2 Å². The first kappa shape index (κ1) is 31.7. The van der Waals surface area contributed by atoms with E-state index in [0.717, 1.165) is 17.5 Å². The van der Waals surface area contributed by atoms with Gasteiger partial charge in [0, 0.05) is 12.2 Å². The minimum absolute atomic E-state index is 0.0585. The predicted octanol–water partition coefficient (Wildman–Crippen LogP) is 6.26. The summed E-state index contributed by atoms with van der Waals surface area (Å²) >= 11 is 0. The lowest BCUT2D eigenvalue weighted by Gasteiger charge is -2.36. The molecular weight excluding hydrogens is 494 g/mol. The molecule has 0 aliphatic rings. The highest BCUT2D eigenvalue weighted by Crippen LogP contribution is 2.29. The second-order valence-electron chi connectivity index (χ2n) is 11.1. The topological polar surface area (TPSA) is 108 Å². The summed E-state index contributed by atoms with van der Waals surface area (Å²) in [6, 6.07) is 10.2. The van der Waals surface area contributed by atoms with Gasteiger partial charge in [-0.15, -0.1) is 0 Å². The van der Waals surface area contributed by atoms with Crippen LogP contribution in [-0.4, -0.2) is 46.1 Å². The van der Waals surface area contributed by atoms with Gasteiger partial charge in [0.15, 0.2) is 0 Å². The first-order valence-corrected chi connectivity index (χ1v) is 13.7. The molecule has 0 aromatic heterocycles. The largest absolute Gasteiger partial charge is 0.508 e. The zero-order chi connectivity index (χ0) is 29.3. The van der Waals surface area contributed by atoms with Crippen molar-refractivity contribution in [2.45, 2.75) is 92.3 Å². The smallest absolute Gasteiger partial charge is 0.408 e. The molecule has 3 amide bonds. The summed E-state index contributed by atoms with van der Waals surface area (Å²) in [6.07, 6.45) is 1.42. The highest BCUT2D eigenvalue weighted by atomic mass is 16.6. The van der Waals surface area contributed by atoms with Gasteiger partial charge < -0.3 is 25.4 Å². The average molecular weight is 540 g/mol. The van der Waals surface area contributed by atoms with E-state index in [-0.39, 0.29) is 23.5 Å². The van der Waals surface area contributed by atoms with E-state index in [0.29, 0.717) is 30.6 Å². The Bertz CT molecular complexity index is 1100. The molecule has 0 saturated heterocycles. The lowest BCUT2D eigenvalue weighted by atomic mass is 9.95. The van der Waals surface area contributed by atoms with Gasteiger partial charge in [-0.05, 0) is 75.8 Å². The summed E-state index contributed by atoms with van der Waals surface area (Å²) in [5.41, 5.74) is 2.34. The Morgan fingerprint density at radius 1 is 1.00 bits per heavy atom. The van der Waals surface area contributed by atoms with Crippen LogP contribution in [0.3, 0.4) is 0 Å². The predicted molar refractivity (Wildman–Crippen MR) is 155 cm³/mol. The highest BCUT2D eigenvalue weighted by Gasteiger charge is 2.38. The Morgan fingerprint density at radius 2 is 1.59 bits per heavy atom. The molecule has 2 rings (SSSR count). The normalized spacial score (nSPS) is 13.6. The highest BCUT2D eigenvalue weighted by molar-refractivity contribution is 6.00. The van der Waals surface area contributed by atoms with Gasteiger partial charge in [0.25, 0.3) is 5.91 Å². The third kappa shape index (κ3) is 9.01. The summed E-state index contributed by atoms with van der Waals surface area (Å²) in [7, 11) is 0. The van der Waals surface area contributed by atoms with Gasteiger partial charge in [0.2, 0.25) is 5.91 Å². The molecule has 0 aliphatic heterocycles. The number of hydrogen-bond acceptors (Lipinski definition) is 5. The number of amides is 3. The molecule has 0 aliphatic carbocycles. The first-order valence-electron chi connectivity index (χ1n) is 13.7. The number of benzene rings is 2. The van der Waals surface area contributed by atoms with E-state index < -0.39 is 23.8 Å². The number of rotatable bonds is 11. The van der Waals surface area contributed by atoms with Crippen molar-refractivity contribution < 1.29 is 24.2 Å². The Morgan fingerprint density at radius 3 is 2.10 bits per heavy atom. The summed E-state index contributed by atoms with van der Waals surface area (Å²) in [5, 5.41) is 15.7. The molecule has 8 heteroatoms. The van der Waals surface area contributed by atoms with E-state index in [4.69, 9.17) is 4.74 Å². The standard InChI is InChI=1S/C31H45N3O5/c1-9-11-19-34(29(37)26(20(3)10-2)33-30(38)39-31(6,7)8)27(23-15-17-24(35)18-16-23)28(36)32-25-21(4)13-12-14-22(25)5/h12-18,20,26-27,35H,9-11,19H2,1-8H3,(H,32,36)(H,33,38). The number of ether oxygens (including phenoxy) is 1. The van der Waals surface area contributed by atoms with E-state index in [9.17, 15) is 19.5 Å². The van der Waals surface area contributed by atoms with Crippen molar-refractivity contribution in [3.05, 3.63) is 59.2 Å². The third-order valence-electron chi connectivity index (χ3n) is 6.69. The van der Waals surface area contributed by atoms with Crippen molar-refractivity contribution in [2.75, 3.05) is 11.9 Å². The van der Waals surface area contributed by atoms with Gasteiger partial charge >= 0.3 is 6.09 Å². The molecule has 3 unspecified atom stereocenters. The maximum atomic E-state index is 14.2. The molecule has 8 nitrogen and oxygen atoms in total. The van der Waals surface area contributed by atoms with Gasteiger partial charge in [-0.1, -0.05) is 63.9 Å². The van der Waals surface area contributed by atoms with Crippen molar-refractivity contribution in [2.24, 2.45) is 5.92 Å². The third-order valence-corrected chi connectivity index (χ3v) is 6.69. The zero-order valence-corrected chi connectivity index (χ0v) is 24.6. The van der Waals surface area contributed by atoms with E-state index in [1.165, 1.54) is 12.1 Å².